The highest BCUT2D eigenvalue weighted by atomic mass is 31.1. The van der Waals surface area contributed by atoms with Gasteiger partial charge in [-0.25, -0.2) is 4.79 Å². The molecule has 154 valence electrons. The second kappa shape index (κ2) is 9.49. The lowest BCUT2D eigenvalue weighted by atomic mass is 9.86. The van der Waals surface area contributed by atoms with Crippen LogP contribution in [-0.4, -0.2) is 5.52 Å². The molecule has 3 heteroatoms. The molecule has 0 heterocycles. The molecule has 3 aromatic carbocycles. The number of unbranched alkanes of at least 4 members (excludes halogenated alkanes) is 1. The summed E-state index contributed by atoms with van der Waals surface area (Å²) in [6.07, 6.45) is 2.54. The highest BCUT2D eigenvalue weighted by molar-refractivity contribution is 7.65. The smallest absolute Gasteiger partial charge is 0.234 e. The normalized spacial score (nSPS) is 11.9. The molecule has 0 radical (unpaired) electrons. The molecule has 0 saturated heterocycles. The van der Waals surface area contributed by atoms with Gasteiger partial charge in [0.2, 0.25) is 5.16 Å². The standard InChI is InChI=1S/C27H30O2P/c1-5-6-17-27(23-13-9-7-10-14-23,24-15-11-8-12-16-24)30(29)26(28)25-21(3)18-20(2)19-22(25)4/h7-16,18-19H,5-6,17H2,1-4H3/q+1. The largest absolute Gasteiger partial charge is 0.435 e. The Hall–Kier alpha value is -2.57. The minimum absolute atomic E-state index is 0.246. The number of rotatable bonds is 8. The first-order valence-electron chi connectivity index (χ1n) is 10.6. The van der Waals surface area contributed by atoms with Crippen LogP contribution in [0.15, 0.2) is 72.8 Å². The predicted octanol–water partition coefficient (Wildman–Crippen LogP) is 7.71. The third kappa shape index (κ3) is 4.16. The fraction of sp³-hybridized carbons (Fsp3) is 0.296. The maximum absolute atomic E-state index is 14.3. The predicted molar refractivity (Wildman–Crippen MR) is 126 cm³/mol. The van der Waals surface area contributed by atoms with Crippen molar-refractivity contribution < 1.29 is 9.36 Å². The number of aryl methyl sites for hydroxylation is 3. The Morgan fingerprint density at radius 3 is 1.73 bits per heavy atom. The van der Waals surface area contributed by atoms with Crippen LogP contribution >= 0.6 is 7.80 Å². The van der Waals surface area contributed by atoms with Gasteiger partial charge in [0.05, 0.1) is 5.56 Å². The Morgan fingerprint density at radius 2 is 1.30 bits per heavy atom. The van der Waals surface area contributed by atoms with E-state index >= 15 is 0 Å². The highest BCUT2D eigenvalue weighted by Gasteiger charge is 2.56. The van der Waals surface area contributed by atoms with E-state index in [1.165, 1.54) is 0 Å². The van der Waals surface area contributed by atoms with Crippen molar-refractivity contribution in [3.8, 4) is 0 Å². The average Bonchev–Trinajstić information content (AvgIpc) is 2.75. The number of hydrogen-bond acceptors (Lipinski definition) is 2. The topological polar surface area (TPSA) is 34.1 Å². The zero-order chi connectivity index (χ0) is 21.7. The summed E-state index contributed by atoms with van der Waals surface area (Å²) in [4.78, 5) is 13.8. The molecule has 0 amide bonds. The van der Waals surface area contributed by atoms with Gasteiger partial charge in [0.25, 0.3) is 0 Å². The summed E-state index contributed by atoms with van der Waals surface area (Å²) in [6, 6.07) is 23.8. The molecular weight excluding hydrogens is 387 g/mol. The first-order chi connectivity index (χ1) is 14.4. The van der Waals surface area contributed by atoms with Crippen molar-refractivity contribution in [1.82, 2.24) is 0 Å². The van der Waals surface area contributed by atoms with Crippen molar-refractivity contribution in [2.24, 2.45) is 0 Å². The lowest BCUT2D eigenvalue weighted by Crippen LogP contribution is -2.26. The lowest BCUT2D eigenvalue weighted by molar-refractivity contribution is 0.107. The molecule has 1 unspecified atom stereocenters. The Bertz CT molecular complexity index is 976. The molecule has 0 bridgehead atoms. The van der Waals surface area contributed by atoms with Gasteiger partial charge in [0.15, 0.2) is 0 Å². The van der Waals surface area contributed by atoms with Crippen LogP contribution in [0.3, 0.4) is 0 Å². The molecule has 0 aliphatic heterocycles. The van der Waals surface area contributed by atoms with E-state index in [-0.39, 0.29) is 5.52 Å². The molecular formula is C27H30O2P+. The Balaban J connectivity index is 2.24. The Kier molecular flexibility index (Phi) is 7.00. The highest BCUT2D eigenvalue weighted by Crippen LogP contribution is 2.57. The van der Waals surface area contributed by atoms with E-state index < -0.39 is 13.0 Å². The molecule has 0 aliphatic carbocycles. The van der Waals surface area contributed by atoms with E-state index in [1.54, 1.807) is 0 Å². The van der Waals surface area contributed by atoms with E-state index in [9.17, 15) is 9.36 Å². The zero-order valence-electron chi connectivity index (χ0n) is 18.3. The molecule has 30 heavy (non-hydrogen) atoms. The maximum atomic E-state index is 14.3. The zero-order valence-corrected chi connectivity index (χ0v) is 19.2. The molecule has 0 aromatic heterocycles. The van der Waals surface area contributed by atoms with E-state index in [4.69, 9.17) is 0 Å². The van der Waals surface area contributed by atoms with Crippen LogP contribution in [0.2, 0.25) is 0 Å². The van der Waals surface area contributed by atoms with Crippen molar-refractivity contribution in [3.05, 3.63) is 106 Å². The van der Waals surface area contributed by atoms with E-state index in [0.29, 0.717) is 12.0 Å². The first kappa shape index (κ1) is 22.1. The van der Waals surface area contributed by atoms with Gasteiger partial charge in [0.1, 0.15) is 0 Å². The summed E-state index contributed by atoms with van der Waals surface area (Å²) >= 11 is 0. The fourth-order valence-electron chi connectivity index (χ4n) is 4.44. The van der Waals surface area contributed by atoms with Crippen molar-refractivity contribution in [2.75, 3.05) is 0 Å². The number of carbonyl (C=O) groups is 1. The molecule has 0 aliphatic rings. The Morgan fingerprint density at radius 1 is 0.833 bits per heavy atom. The summed E-state index contributed by atoms with van der Waals surface area (Å²) in [7, 11) is -2.26. The van der Waals surface area contributed by atoms with Gasteiger partial charge in [-0.15, -0.1) is 0 Å². The molecule has 0 fully saturated rings. The summed E-state index contributed by atoms with van der Waals surface area (Å²) < 4.78 is 14.3. The molecule has 3 aromatic rings. The molecule has 0 saturated carbocycles. The van der Waals surface area contributed by atoms with Gasteiger partial charge in [-0.05, 0) is 38.3 Å². The van der Waals surface area contributed by atoms with Crippen LogP contribution in [0.5, 0.6) is 0 Å². The minimum Gasteiger partial charge on any atom is -0.234 e. The number of hydrogen-bond donors (Lipinski definition) is 0. The number of benzene rings is 3. The summed E-state index contributed by atoms with van der Waals surface area (Å²) in [5.41, 5.74) is 5.15. The van der Waals surface area contributed by atoms with Crippen molar-refractivity contribution in [2.45, 2.75) is 52.1 Å². The van der Waals surface area contributed by atoms with E-state index in [2.05, 4.69) is 6.92 Å². The molecule has 0 N–H and O–H groups in total. The lowest BCUT2D eigenvalue weighted by Gasteiger charge is -2.25. The van der Waals surface area contributed by atoms with Gasteiger partial charge in [-0.2, -0.15) is 0 Å². The van der Waals surface area contributed by atoms with Gasteiger partial charge >= 0.3 is 13.3 Å². The monoisotopic (exact) mass is 417 g/mol. The van der Waals surface area contributed by atoms with Crippen LogP contribution in [0.25, 0.3) is 0 Å². The average molecular weight is 418 g/mol. The molecule has 1 atom stereocenters. The summed E-state index contributed by atoms with van der Waals surface area (Å²) in [5, 5.41) is -0.839. The fourth-order valence-corrected chi connectivity index (χ4v) is 6.47. The van der Waals surface area contributed by atoms with Crippen LogP contribution in [0.1, 0.15) is 64.4 Å². The summed E-state index contributed by atoms with van der Waals surface area (Å²) in [6.45, 7) is 8.03. The molecule has 2 nitrogen and oxygen atoms in total. The number of carbonyl (C=O) groups excluding carboxylic acids is 1. The third-order valence-electron chi connectivity index (χ3n) is 5.82. The minimum atomic E-state index is -2.26. The van der Waals surface area contributed by atoms with Crippen molar-refractivity contribution in [3.63, 3.8) is 0 Å². The van der Waals surface area contributed by atoms with Crippen LogP contribution in [0.4, 0.5) is 0 Å². The summed E-state index contributed by atoms with van der Waals surface area (Å²) in [5.74, 6) is 0. The molecule has 3 rings (SSSR count). The maximum Gasteiger partial charge on any atom is 0.435 e. The van der Waals surface area contributed by atoms with Gasteiger partial charge < -0.3 is 0 Å². The quantitative estimate of drug-likeness (QED) is 0.352. The van der Waals surface area contributed by atoms with Crippen LogP contribution < -0.4 is 0 Å². The van der Waals surface area contributed by atoms with Crippen molar-refractivity contribution >= 4 is 13.3 Å². The van der Waals surface area contributed by atoms with Gasteiger partial charge in [-0.1, -0.05) is 96.3 Å². The second-order valence-corrected chi connectivity index (χ2v) is 9.83. The van der Waals surface area contributed by atoms with E-state index in [1.807, 2.05) is 93.6 Å². The van der Waals surface area contributed by atoms with E-state index in [0.717, 1.165) is 40.7 Å². The Labute approximate surface area is 181 Å². The van der Waals surface area contributed by atoms with Crippen LogP contribution in [-0.2, 0) is 9.72 Å². The van der Waals surface area contributed by atoms with Gasteiger partial charge in [0, 0.05) is 17.5 Å². The second-order valence-electron chi connectivity index (χ2n) is 8.07. The third-order valence-corrected chi connectivity index (χ3v) is 7.84. The first-order valence-corrected chi connectivity index (χ1v) is 11.9. The van der Waals surface area contributed by atoms with Crippen molar-refractivity contribution in [1.29, 1.82) is 0 Å². The van der Waals surface area contributed by atoms with Gasteiger partial charge in [-0.3, -0.25) is 0 Å². The van der Waals surface area contributed by atoms with Crippen LogP contribution in [0, 0.1) is 20.8 Å². The molecule has 0 spiro atoms. The SMILES string of the molecule is CCCCC(c1ccccc1)(c1ccccc1)[P+](=O)C(=O)c1c(C)cc(C)cc1C.